The summed E-state index contributed by atoms with van der Waals surface area (Å²) in [7, 11) is 0. The van der Waals surface area contributed by atoms with Crippen LogP contribution < -0.4 is 0 Å². The minimum absolute atomic E-state index is 0.119. The van der Waals surface area contributed by atoms with Gasteiger partial charge in [0, 0.05) is 19.2 Å². The molecule has 2 atom stereocenters. The van der Waals surface area contributed by atoms with Crippen LogP contribution in [0.2, 0.25) is 0 Å². The Morgan fingerprint density at radius 2 is 1.84 bits per heavy atom. The zero-order valence-electron chi connectivity index (χ0n) is 12.0. The number of hydrogen-bond acceptors (Lipinski definition) is 2. The number of ether oxygens (including phenoxy) is 1. The Morgan fingerprint density at radius 1 is 1.00 bits per heavy atom. The number of nitrogens with zero attached hydrogens (tertiary/aromatic N) is 1. The van der Waals surface area contributed by atoms with Gasteiger partial charge in [-0.05, 0) is 38.0 Å². The molecule has 3 fully saturated rings. The van der Waals surface area contributed by atoms with Gasteiger partial charge in [0.05, 0.1) is 0 Å². The van der Waals surface area contributed by atoms with Crippen molar-refractivity contribution in [1.29, 1.82) is 0 Å². The van der Waals surface area contributed by atoms with E-state index in [1.807, 2.05) is 0 Å². The predicted molar refractivity (Wildman–Crippen MR) is 74.9 cm³/mol. The van der Waals surface area contributed by atoms with E-state index in [9.17, 15) is 4.79 Å². The summed E-state index contributed by atoms with van der Waals surface area (Å²) in [5, 5.41) is 0. The van der Waals surface area contributed by atoms with E-state index in [1.54, 1.807) is 0 Å². The van der Waals surface area contributed by atoms with Crippen molar-refractivity contribution in [1.82, 2.24) is 4.90 Å². The van der Waals surface area contributed by atoms with Crippen molar-refractivity contribution in [3.63, 3.8) is 0 Å². The fourth-order valence-corrected chi connectivity index (χ4v) is 4.14. The van der Waals surface area contributed by atoms with Crippen LogP contribution >= 0.6 is 0 Å². The molecule has 0 aromatic heterocycles. The van der Waals surface area contributed by atoms with Crippen molar-refractivity contribution in [2.75, 3.05) is 13.2 Å². The van der Waals surface area contributed by atoms with Crippen LogP contribution in [0.4, 0.5) is 0 Å². The first-order valence-electron chi connectivity index (χ1n) is 8.26. The molecule has 19 heavy (non-hydrogen) atoms. The van der Waals surface area contributed by atoms with Crippen LogP contribution in [0, 0.1) is 5.92 Å². The van der Waals surface area contributed by atoms with Crippen LogP contribution in [-0.2, 0) is 9.53 Å². The third kappa shape index (κ3) is 3.13. The number of hydrogen-bond donors (Lipinski definition) is 0. The van der Waals surface area contributed by atoms with Gasteiger partial charge in [-0.1, -0.05) is 32.1 Å². The topological polar surface area (TPSA) is 29.5 Å². The SMILES string of the molecule is O=C([C@@H]1CCCO1)N1CCC[C@H]1CC1CCCCC1. The molecule has 1 aliphatic carbocycles. The molecule has 0 unspecified atom stereocenters. The lowest BCUT2D eigenvalue weighted by molar-refractivity contribution is -0.142. The molecule has 0 aromatic carbocycles. The maximum atomic E-state index is 12.5. The van der Waals surface area contributed by atoms with Crippen LogP contribution in [0.3, 0.4) is 0 Å². The van der Waals surface area contributed by atoms with E-state index < -0.39 is 0 Å². The van der Waals surface area contributed by atoms with Gasteiger partial charge in [0.25, 0.3) is 5.91 Å². The lowest BCUT2D eigenvalue weighted by Gasteiger charge is -2.31. The van der Waals surface area contributed by atoms with E-state index in [0.29, 0.717) is 6.04 Å². The third-order valence-corrected chi connectivity index (χ3v) is 5.20. The van der Waals surface area contributed by atoms with Crippen molar-refractivity contribution in [3.05, 3.63) is 0 Å². The fourth-order valence-electron chi connectivity index (χ4n) is 4.14. The highest BCUT2D eigenvalue weighted by Crippen LogP contribution is 2.32. The second kappa shape index (κ2) is 6.25. The Morgan fingerprint density at radius 3 is 2.58 bits per heavy atom. The Bertz CT molecular complexity index is 306. The molecule has 0 spiro atoms. The van der Waals surface area contributed by atoms with Gasteiger partial charge in [-0.2, -0.15) is 0 Å². The molecule has 2 aliphatic heterocycles. The second-order valence-electron chi connectivity index (χ2n) is 6.57. The number of amides is 1. The summed E-state index contributed by atoms with van der Waals surface area (Å²) in [6.45, 7) is 1.74. The average molecular weight is 265 g/mol. The number of carbonyl (C=O) groups excluding carboxylic acids is 1. The van der Waals surface area contributed by atoms with Crippen LogP contribution in [0.5, 0.6) is 0 Å². The van der Waals surface area contributed by atoms with E-state index in [0.717, 1.165) is 31.9 Å². The van der Waals surface area contributed by atoms with Crippen molar-refractivity contribution >= 4 is 5.91 Å². The Balaban J connectivity index is 1.55. The molecule has 2 saturated heterocycles. The molecule has 2 heterocycles. The van der Waals surface area contributed by atoms with Gasteiger partial charge >= 0.3 is 0 Å². The maximum absolute atomic E-state index is 12.5. The number of carbonyl (C=O) groups is 1. The van der Waals surface area contributed by atoms with E-state index in [2.05, 4.69) is 4.90 Å². The smallest absolute Gasteiger partial charge is 0.251 e. The van der Waals surface area contributed by atoms with Crippen LogP contribution in [0.25, 0.3) is 0 Å². The molecular formula is C16H27NO2. The Hall–Kier alpha value is -0.570. The fraction of sp³-hybridized carbons (Fsp3) is 0.938. The zero-order valence-corrected chi connectivity index (χ0v) is 12.0. The predicted octanol–water partition coefficient (Wildman–Crippen LogP) is 3.13. The maximum Gasteiger partial charge on any atom is 0.251 e. The van der Waals surface area contributed by atoms with Crippen LogP contribution in [0.15, 0.2) is 0 Å². The highest BCUT2D eigenvalue weighted by molar-refractivity contribution is 5.81. The third-order valence-electron chi connectivity index (χ3n) is 5.20. The van der Waals surface area contributed by atoms with E-state index in [-0.39, 0.29) is 12.0 Å². The highest BCUT2D eigenvalue weighted by atomic mass is 16.5. The normalized spacial score (nSPS) is 32.9. The molecule has 3 heteroatoms. The molecule has 0 aromatic rings. The van der Waals surface area contributed by atoms with Gasteiger partial charge < -0.3 is 9.64 Å². The molecule has 3 aliphatic rings. The molecular weight excluding hydrogens is 238 g/mol. The summed E-state index contributed by atoms with van der Waals surface area (Å²) >= 11 is 0. The highest BCUT2D eigenvalue weighted by Gasteiger charge is 2.36. The number of rotatable bonds is 3. The summed E-state index contributed by atoms with van der Waals surface area (Å²) in [5.74, 6) is 1.16. The van der Waals surface area contributed by atoms with Crippen molar-refractivity contribution in [3.8, 4) is 0 Å². The molecule has 1 saturated carbocycles. The van der Waals surface area contributed by atoms with Gasteiger partial charge in [0.15, 0.2) is 0 Å². The van der Waals surface area contributed by atoms with Gasteiger partial charge in [0.1, 0.15) is 6.10 Å². The van der Waals surface area contributed by atoms with Gasteiger partial charge in [-0.15, -0.1) is 0 Å². The molecule has 0 radical (unpaired) electrons. The first-order chi connectivity index (χ1) is 9.34. The quantitative estimate of drug-likeness (QED) is 0.784. The monoisotopic (exact) mass is 265 g/mol. The standard InChI is InChI=1S/C16H27NO2/c18-16(15-9-5-11-19-15)17-10-4-8-14(17)12-13-6-2-1-3-7-13/h13-15H,1-12H2/t14-,15-/m0/s1. The van der Waals surface area contributed by atoms with Crippen LogP contribution in [0.1, 0.15) is 64.2 Å². The van der Waals surface area contributed by atoms with E-state index in [4.69, 9.17) is 4.74 Å². The van der Waals surface area contributed by atoms with Crippen molar-refractivity contribution in [2.24, 2.45) is 5.92 Å². The average Bonchev–Trinajstić information content (AvgIpc) is 3.10. The summed E-state index contributed by atoms with van der Waals surface area (Å²) in [4.78, 5) is 14.7. The van der Waals surface area contributed by atoms with E-state index in [1.165, 1.54) is 51.4 Å². The molecule has 0 N–H and O–H groups in total. The summed E-state index contributed by atoms with van der Waals surface area (Å²) in [5.41, 5.74) is 0. The molecule has 1 amide bonds. The molecule has 3 rings (SSSR count). The van der Waals surface area contributed by atoms with Gasteiger partial charge in [-0.25, -0.2) is 0 Å². The lowest BCUT2D eigenvalue weighted by Crippen LogP contribution is -2.42. The van der Waals surface area contributed by atoms with Crippen molar-refractivity contribution in [2.45, 2.75) is 76.4 Å². The van der Waals surface area contributed by atoms with Crippen LogP contribution in [-0.4, -0.2) is 36.1 Å². The van der Waals surface area contributed by atoms with Gasteiger partial charge in [-0.3, -0.25) is 4.79 Å². The first kappa shape index (κ1) is 13.4. The molecule has 0 bridgehead atoms. The Kier molecular flexibility index (Phi) is 4.42. The number of likely N-dealkylation sites (tertiary alicyclic amines) is 1. The zero-order chi connectivity index (χ0) is 13.1. The minimum atomic E-state index is -0.119. The van der Waals surface area contributed by atoms with Gasteiger partial charge in [0.2, 0.25) is 0 Å². The Labute approximate surface area is 116 Å². The minimum Gasteiger partial charge on any atom is -0.368 e. The lowest BCUT2D eigenvalue weighted by atomic mass is 9.84. The second-order valence-corrected chi connectivity index (χ2v) is 6.57. The summed E-state index contributed by atoms with van der Waals surface area (Å²) < 4.78 is 5.57. The molecule has 3 nitrogen and oxygen atoms in total. The first-order valence-corrected chi connectivity index (χ1v) is 8.26. The largest absolute Gasteiger partial charge is 0.368 e. The van der Waals surface area contributed by atoms with Crippen molar-refractivity contribution < 1.29 is 9.53 Å². The van der Waals surface area contributed by atoms with E-state index >= 15 is 0 Å². The molecule has 108 valence electrons. The summed E-state index contributed by atoms with van der Waals surface area (Å²) in [6.07, 6.45) is 12.5. The summed E-state index contributed by atoms with van der Waals surface area (Å²) in [6, 6.07) is 0.514.